The quantitative estimate of drug-likeness (QED) is 0.435. The predicted octanol–water partition coefficient (Wildman–Crippen LogP) is 5.63. The van der Waals surface area contributed by atoms with Gasteiger partial charge in [0.25, 0.3) is 0 Å². The third kappa shape index (κ3) is 3.28. The number of aromatic nitrogens is 2. The highest BCUT2D eigenvalue weighted by molar-refractivity contribution is 5.95. The molecule has 6 rings (SSSR count). The van der Waals surface area contributed by atoms with Crippen LogP contribution in [0.5, 0.6) is 5.75 Å². The summed E-state index contributed by atoms with van der Waals surface area (Å²) in [5.41, 5.74) is 5.74. The van der Waals surface area contributed by atoms with Crippen LogP contribution in [-0.4, -0.2) is 20.9 Å². The van der Waals surface area contributed by atoms with E-state index in [0.29, 0.717) is 24.2 Å². The Morgan fingerprint density at radius 1 is 1.12 bits per heavy atom. The Hall–Kier alpha value is -3.67. The number of benzene rings is 3. The first-order valence-corrected chi connectivity index (χ1v) is 11.2. The van der Waals surface area contributed by atoms with Gasteiger partial charge in [-0.05, 0) is 60.1 Å². The first-order chi connectivity index (χ1) is 16.0. The van der Waals surface area contributed by atoms with Crippen LogP contribution in [0.15, 0.2) is 60.8 Å². The van der Waals surface area contributed by atoms with Crippen LogP contribution in [0.1, 0.15) is 41.6 Å². The number of halogens is 1. The summed E-state index contributed by atoms with van der Waals surface area (Å²) in [6.07, 6.45) is 3.61. The molecule has 5 nitrogen and oxygen atoms in total. The molecule has 1 N–H and O–H groups in total. The molecule has 0 saturated heterocycles. The molecule has 6 heteroatoms. The fourth-order valence-corrected chi connectivity index (χ4v) is 5.29. The van der Waals surface area contributed by atoms with Crippen molar-refractivity contribution in [3.63, 3.8) is 0 Å². The molecule has 3 aromatic carbocycles. The zero-order valence-corrected chi connectivity index (χ0v) is 18.2. The molecule has 0 bridgehead atoms. The molecule has 1 fully saturated rings. The summed E-state index contributed by atoms with van der Waals surface area (Å²) in [5.74, 6) is -0.515. The minimum Gasteiger partial charge on any atom is -0.486 e. The van der Waals surface area contributed by atoms with Gasteiger partial charge in [0.2, 0.25) is 0 Å². The number of aliphatic carboxylic acids is 1. The maximum absolute atomic E-state index is 15.0. The highest BCUT2D eigenvalue weighted by Crippen LogP contribution is 2.48. The summed E-state index contributed by atoms with van der Waals surface area (Å²) in [6, 6.07) is 17.1. The molecule has 1 aromatic heterocycles. The molecule has 2 aliphatic carbocycles. The van der Waals surface area contributed by atoms with Gasteiger partial charge in [0.1, 0.15) is 17.7 Å². The number of carboxylic acids is 1. The van der Waals surface area contributed by atoms with Crippen molar-refractivity contribution in [3.05, 3.63) is 83.3 Å². The first kappa shape index (κ1) is 20.0. The molecule has 33 heavy (non-hydrogen) atoms. The molecule has 0 amide bonds. The average molecular weight is 442 g/mol. The summed E-state index contributed by atoms with van der Waals surface area (Å²) >= 11 is 0. The predicted molar refractivity (Wildman–Crippen MR) is 123 cm³/mol. The van der Waals surface area contributed by atoms with Crippen LogP contribution in [0.3, 0.4) is 0 Å². The number of rotatable bonds is 5. The molecule has 0 radical (unpaired) electrons. The van der Waals surface area contributed by atoms with Crippen LogP contribution in [0, 0.1) is 11.7 Å². The van der Waals surface area contributed by atoms with Crippen LogP contribution >= 0.6 is 0 Å². The van der Waals surface area contributed by atoms with Gasteiger partial charge < -0.3 is 9.84 Å². The number of nitrogens with zero attached hydrogens (tertiary/aromatic N) is 2. The van der Waals surface area contributed by atoms with E-state index < -0.39 is 5.97 Å². The van der Waals surface area contributed by atoms with E-state index in [1.165, 1.54) is 6.07 Å². The Labute approximate surface area is 190 Å². The average Bonchev–Trinajstić information content (AvgIpc) is 3.38. The molecule has 1 heterocycles. The third-order valence-corrected chi connectivity index (χ3v) is 7.03. The lowest BCUT2D eigenvalue weighted by Crippen LogP contribution is -2.06. The number of carboxylic acid groups (broad SMARTS) is 1. The van der Waals surface area contributed by atoms with Crippen LogP contribution in [0.2, 0.25) is 0 Å². The van der Waals surface area contributed by atoms with Crippen molar-refractivity contribution >= 4 is 16.9 Å². The van der Waals surface area contributed by atoms with Crippen LogP contribution < -0.4 is 4.74 Å². The maximum Gasteiger partial charge on any atom is 0.307 e. The van der Waals surface area contributed by atoms with Crippen molar-refractivity contribution in [2.45, 2.75) is 31.3 Å². The maximum atomic E-state index is 15.0. The number of aryl methyl sites for hydroxylation is 1. The molecule has 166 valence electrons. The van der Waals surface area contributed by atoms with Gasteiger partial charge >= 0.3 is 5.97 Å². The van der Waals surface area contributed by atoms with Crippen molar-refractivity contribution in [2.75, 3.05) is 0 Å². The van der Waals surface area contributed by atoms with Gasteiger partial charge in [-0.3, -0.25) is 9.48 Å². The number of para-hydroxylation sites is 1. The van der Waals surface area contributed by atoms with Crippen LogP contribution in [-0.2, 0) is 18.3 Å². The van der Waals surface area contributed by atoms with E-state index in [9.17, 15) is 4.79 Å². The molecule has 0 unspecified atom stereocenters. The number of hydrogen-bond donors (Lipinski definition) is 1. The van der Waals surface area contributed by atoms with E-state index in [-0.39, 0.29) is 23.8 Å². The Bertz CT molecular complexity index is 1390. The molecule has 2 aliphatic rings. The van der Waals surface area contributed by atoms with E-state index in [1.54, 1.807) is 0 Å². The van der Waals surface area contributed by atoms with E-state index in [0.717, 1.165) is 39.6 Å². The summed E-state index contributed by atoms with van der Waals surface area (Å²) < 4.78 is 23.1. The number of hydrogen-bond acceptors (Lipinski definition) is 3. The lowest BCUT2D eigenvalue weighted by atomic mass is 9.95. The first-order valence-electron chi connectivity index (χ1n) is 11.2. The molecule has 0 spiro atoms. The van der Waals surface area contributed by atoms with E-state index in [4.69, 9.17) is 9.84 Å². The standard InChI is InChI=1S/C27H23FN2O3/c1-30-26-16(14-29-30)3-2-4-20(26)18-9-11-23(28)25-19(18)10-12-24(25)33-17-7-5-15(6-8-17)21-13-22(21)27(31)32/h2-9,11,14,21-22,24H,10,12-13H2,1H3,(H,31,32)/t21-,22+,24-/m1/s1. The fourth-order valence-electron chi connectivity index (χ4n) is 5.29. The minimum atomic E-state index is -0.740. The van der Waals surface area contributed by atoms with Gasteiger partial charge in [-0.2, -0.15) is 5.10 Å². The second kappa shape index (κ2) is 7.44. The Morgan fingerprint density at radius 2 is 1.94 bits per heavy atom. The monoisotopic (exact) mass is 442 g/mol. The van der Waals surface area contributed by atoms with Gasteiger partial charge in [0, 0.05) is 23.6 Å². The summed E-state index contributed by atoms with van der Waals surface area (Å²) in [7, 11) is 1.92. The molecule has 0 aliphatic heterocycles. The van der Waals surface area contributed by atoms with Gasteiger partial charge in [-0.15, -0.1) is 0 Å². The fraction of sp³-hybridized carbons (Fsp3) is 0.259. The second-order valence-electron chi connectivity index (χ2n) is 9.00. The van der Waals surface area contributed by atoms with Crippen molar-refractivity contribution in [2.24, 2.45) is 13.0 Å². The smallest absolute Gasteiger partial charge is 0.307 e. The van der Waals surface area contributed by atoms with Gasteiger partial charge in [0.15, 0.2) is 0 Å². The van der Waals surface area contributed by atoms with E-state index in [1.807, 2.05) is 60.4 Å². The SMILES string of the molecule is Cn1ncc2cccc(-c3ccc(F)c4c3CC[C@H]4Oc3ccc([C@H]4C[C@@H]4C(=O)O)cc3)c21. The normalized spacial score (nSPS) is 21.2. The topological polar surface area (TPSA) is 64.4 Å². The minimum absolute atomic E-state index is 0.0819. The van der Waals surface area contributed by atoms with Gasteiger partial charge in [0.05, 0.1) is 17.6 Å². The highest BCUT2D eigenvalue weighted by Gasteiger charge is 2.44. The third-order valence-electron chi connectivity index (χ3n) is 7.03. The zero-order valence-electron chi connectivity index (χ0n) is 18.2. The van der Waals surface area contributed by atoms with Crippen molar-refractivity contribution in [1.82, 2.24) is 9.78 Å². The largest absolute Gasteiger partial charge is 0.486 e. The summed E-state index contributed by atoms with van der Waals surface area (Å²) in [5, 5.41) is 14.6. The van der Waals surface area contributed by atoms with Crippen molar-refractivity contribution in [1.29, 1.82) is 0 Å². The van der Waals surface area contributed by atoms with Crippen molar-refractivity contribution in [3.8, 4) is 16.9 Å². The number of carbonyl (C=O) groups is 1. The summed E-state index contributed by atoms with van der Waals surface area (Å²) in [6.45, 7) is 0. The van der Waals surface area contributed by atoms with Crippen molar-refractivity contribution < 1.29 is 19.0 Å². The molecular weight excluding hydrogens is 419 g/mol. The second-order valence-corrected chi connectivity index (χ2v) is 9.00. The highest BCUT2D eigenvalue weighted by atomic mass is 19.1. The zero-order chi connectivity index (χ0) is 22.7. The van der Waals surface area contributed by atoms with Gasteiger partial charge in [-0.25, -0.2) is 4.39 Å². The lowest BCUT2D eigenvalue weighted by Gasteiger charge is -2.17. The van der Waals surface area contributed by atoms with E-state index in [2.05, 4.69) is 11.2 Å². The number of fused-ring (bicyclic) bond motifs is 2. The molecule has 1 saturated carbocycles. The molecular formula is C27H23FN2O3. The molecule has 4 aromatic rings. The Kier molecular flexibility index (Phi) is 4.50. The lowest BCUT2D eigenvalue weighted by molar-refractivity contribution is -0.138. The Balaban J connectivity index is 1.31. The van der Waals surface area contributed by atoms with Crippen LogP contribution in [0.4, 0.5) is 4.39 Å². The van der Waals surface area contributed by atoms with E-state index >= 15 is 4.39 Å². The van der Waals surface area contributed by atoms with Gasteiger partial charge in [-0.1, -0.05) is 36.4 Å². The van der Waals surface area contributed by atoms with Crippen LogP contribution in [0.25, 0.3) is 22.0 Å². The molecule has 3 atom stereocenters. The Morgan fingerprint density at radius 3 is 2.70 bits per heavy atom. The number of ether oxygens (including phenoxy) is 1. The summed E-state index contributed by atoms with van der Waals surface area (Å²) in [4.78, 5) is 11.1.